The first-order valence-corrected chi connectivity index (χ1v) is 6.26. The number of halogens is 1. The molecule has 1 N–H and O–H groups in total. The second-order valence-electron chi connectivity index (χ2n) is 4.20. The first-order valence-electron chi connectivity index (χ1n) is 5.88. The SMILES string of the molecule is O=[N+]([O-])c1ccc(CNc2cc(Cl)ccc2[N+](=O)[O-])cc1. The Morgan fingerprint density at radius 1 is 1.00 bits per heavy atom. The van der Waals surface area contributed by atoms with Crippen LogP contribution in [0, 0.1) is 20.2 Å². The molecule has 0 spiro atoms. The van der Waals surface area contributed by atoms with Crippen LogP contribution in [0.5, 0.6) is 0 Å². The topological polar surface area (TPSA) is 98.3 Å². The standard InChI is InChI=1S/C13H10ClN3O4/c14-10-3-6-13(17(20)21)12(7-10)15-8-9-1-4-11(5-2-9)16(18)19/h1-7,15H,8H2. The largest absolute Gasteiger partial charge is 0.375 e. The molecule has 0 bridgehead atoms. The van der Waals surface area contributed by atoms with Crippen molar-refractivity contribution in [2.24, 2.45) is 0 Å². The number of hydrogen-bond donors (Lipinski definition) is 1. The molecule has 0 atom stereocenters. The van der Waals surface area contributed by atoms with Crippen LogP contribution in [0.4, 0.5) is 17.1 Å². The van der Waals surface area contributed by atoms with Crippen LogP contribution < -0.4 is 5.32 Å². The maximum atomic E-state index is 10.9. The van der Waals surface area contributed by atoms with Crippen LogP contribution in [0.2, 0.25) is 5.02 Å². The zero-order chi connectivity index (χ0) is 15.4. The molecule has 7 nitrogen and oxygen atoms in total. The van der Waals surface area contributed by atoms with E-state index < -0.39 is 9.85 Å². The molecule has 2 rings (SSSR count). The van der Waals surface area contributed by atoms with Crippen molar-refractivity contribution in [3.8, 4) is 0 Å². The summed E-state index contributed by atoms with van der Waals surface area (Å²) in [6.45, 7) is 0.291. The number of non-ortho nitro benzene ring substituents is 1. The van der Waals surface area contributed by atoms with Crippen molar-refractivity contribution in [2.45, 2.75) is 6.54 Å². The van der Waals surface area contributed by atoms with E-state index in [1.165, 1.54) is 30.3 Å². The van der Waals surface area contributed by atoms with E-state index in [4.69, 9.17) is 11.6 Å². The zero-order valence-corrected chi connectivity index (χ0v) is 11.4. The number of hydrogen-bond acceptors (Lipinski definition) is 5. The van der Waals surface area contributed by atoms with Crippen LogP contribution in [0.25, 0.3) is 0 Å². The summed E-state index contributed by atoms with van der Waals surface area (Å²) in [4.78, 5) is 20.5. The fraction of sp³-hybridized carbons (Fsp3) is 0.0769. The van der Waals surface area contributed by atoms with E-state index in [0.717, 1.165) is 5.56 Å². The second-order valence-corrected chi connectivity index (χ2v) is 4.63. The maximum Gasteiger partial charge on any atom is 0.292 e. The van der Waals surface area contributed by atoms with Gasteiger partial charge >= 0.3 is 0 Å². The highest BCUT2D eigenvalue weighted by molar-refractivity contribution is 6.31. The van der Waals surface area contributed by atoms with Gasteiger partial charge < -0.3 is 5.32 Å². The number of nitro groups is 2. The van der Waals surface area contributed by atoms with Crippen molar-refractivity contribution in [3.05, 3.63) is 73.3 Å². The quantitative estimate of drug-likeness (QED) is 0.669. The van der Waals surface area contributed by atoms with Gasteiger partial charge in [0.25, 0.3) is 11.4 Å². The Morgan fingerprint density at radius 2 is 1.67 bits per heavy atom. The van der Waals surface area contributed by atoms with Gasteiger partial charge in [0, 0.05) is 29.8 Å². The van der Waals surface area contributed by atoms with Gasteiger partial charge in [-0.15, -0.1) is 0 Å². The van der Waals surface area contributed by atoms with Crippen molar-refractivity contribution < 1.29 is 9.85 Å². The van der Waals surface area contributed by atoms with E-state index in [-0.39, 0.29) is 11.4 Å². The molecule has 0 aromatic heterocycles. The Balaban J connectivity index is 2.14. The lowest BCUT2D eigenvalue weighted by atomic mass is 10.2. The molecular formula is C13H10ClN3O4. The Hall–Kier alpha value is -2.67. The lowest BCUT2D eigenvalue weighted by Crippen LogP contribution is -2.02. The molecule has 0 saturated heterocycles. The Labute approximate surface area is 124 Å². The summed E-state index contributed by atoms with van der Waals surface area (Å²) in [5.74, 6) is 0. The van der Waals surface area contributed by atoms with Gasteiger partial charge in [0.1, 0.15) is 5.69 Å². The van der Waals surface area contributed by atoms with E-state index >= 15 is 0 Å². The van der Waals surface area contributed by atoms with Crippen LogP contribution in [-0.2, 0) is 6.54 Å². The average molecular weight is 308 g/mol. The number of anilines is 1. The van der Waals surface area contributed by atoms with Crippen molar-refractivity contribution in [3.63, 3.8) is 0 Å². The Bertz CT molecular complexity index is 688. The van der Waals surface area contributed by atoms with Gasteiger partial charge in [-0.2, -0.15) is 0 Å². The third kappa shape index (κ3) is 3.67. The summed E-state index contributed by atoms with van der Waals surface area (Å²) in [7, 11) is 0. The minimum absolute atomic E-state index is 0.00696. The summed E-state index contributed by atoms with van der Waals surface area (Å²) in [5.41, 5.74) is 0.967. The predicted molar refractivity (Wildman–Crippen MR) is 78.5 cm³/mol. The molecule has 0 unspecified atom stereocenters. The van der Waals surface area contributed by atoms with Crippen LogP contribution in [-0.4, -0.2) is 9.85 Å². The molecule has 2 aromatic carbocycles. The van der Waals surface area contributed by atoms with Crippen LogP contribution in [0.1, 0.15) is 5.56 Å². The third-order valence-electron chi connectivity index (χ3n) is 2.79. The van der Waals surface area contributed by atoms with Crippen molar-refractivity contribution in [1.29, 1.82) is 0 Å². The van der Waals surface area contributed by atoms with Gasteiger partial charge in [-0.25, -0.2) is 0 Å². The molecule has 0 amide bonds. The van der Waals surface area contributed by atoms with Gasteiger partial charge in [0.15, 0.2) is 0 Å². The fourth-order valence-corrected chi connectivity index (χ4v) is 1.91. The summed E-state index contributed by atoms with van der Waals surface area (Å²) in [5, 5.41) is 24.7. The van der Waals surface area contributed by atoms with Crippen molar-refractivity contribution >= 4 is 28.7 Å². The van der Waals surface area contributed by atoms with Gasteiger partial charge in [-0.3, -0.25) is 20.2 Å². The molecule has 108 valence electrons. The molecule has 0 aliphatic carbocycles. The highest BCUT2D eigenvalue weighted by Gasteiger charge is 2.13. The predicted octanol–water partition coefficient (Wildman–Crippen LogP) is 3.77. The molecule has 21 heavy (non-hydrogen) atoms. The normalized spacial score (nSPS) is 10.1. The Kier molecular flexibility index (Phi) is 4.34. The zero-order valence-electron chi connectivity index (χ0n) is 10.7. The third-order valence-corrected chi connectivity index (χ3v) is 3.02. The number of rotatable bonds is 5. The first kappa shape index (κ1) is 14.7. The second kappa shape index (κ2) is 6.19. The maximum absolute atomic E-state index is 10.9. The highest BCUT2D eigenvalue weighted by atomic mass is 35.5. The van der Waals surface area contributed by atoms with E-state index in [2.05, 4.69) is 5.32 Å². The van der Waals surface area contributed by atoms with Crippen LogP contribution in [0.3, 0.4) is 0 Å². The number of benzene rings is 2. The van der Waals surface area contributed by atoms with Gasteiger partial charge in [-0.1, -0.05) is 23.7 Å². The molecule has 8 heteroatoms. The lowest BCUT2D eigenvalue weighted by Gasteiger charge is -2.07. The van der Waals surface area contributed by atoms with Crippen molar-refractivity contribution in [1.82, 2.24) is 0 Å². The van der Waals surface area contributed by atoms with Crippen LogP contribution >= 0.6 is 11.6 Å². The summed E-state index contributed by atoms with van der Waals surface area (Å²) >= 11 is 5.82. The monoisotopic (exact) mass is 307 g/mol. The molecule has 0 saturated carbocycles. The summed E-state index contributed by atoms with van der Waals surface area (Å²) < 4.78 is 0. The van der Waals surface area contributed by atoms with E-state index in [9.17, 15) is 20.2 Å². The van der Waals surface area contributed by atoms with Crippen molar-refractivity contribution in [2.75, 3.05) is 5.32 Å². The smallest absolute Gasteiger partial charge is 0.292 e. The Morgan fingerprint density at radius 3 is 2.24 bits per heavy atom. The fourth-order valence-electron chi connectivity index (χ4n) is 1.74. The molecule has 0 aliphatic heterocycles. The molecule has 0 fully saturated rings. The van der Waals surface area contributed by atoms with Gasteiger partial charge in [0.2, 0.25) is 0 Å². The highest BCUT2D eigenvalue weighted by Crippen LogP contribution is 2.28. The van der Waals surface area contributed by atoms with E-state index in [1.807, 2.05) is 0 Å². The van der Waals surface area contributed by atoms with E-state index in [0.29, 0.717) is 17.3 Å². The van der Waals surface area contributed by atoms with Crippen LogP contribution in [0.15, 0.2) is 42.5 Å². The minimum Gasteiger partial charge on any atom is -0.375 e. The number of nitro benzene ring substituents is 2. The lowest BCUT2D eigenvalue weighted by molar-refractivity contribution is -0.384. The molecule has 0 radical (unpaired) electrons. The number of nitrogens with zero attached hydrogens (tertiary/aromatic N) is 2. The molecule has 0 heterocycles. The van der Waals surface area contributed by atoms with E-state index in [1.54, 1.807) is 12.1 Å². The molecule has 2 aromatic rings. The minimum atomic E-state index is -0.505. The molecule has 0 aliphatic rings. The summed E-state index contributed by atoms with van der Waals surface area (Å²) in [6.07, 6.45) is 0. The average Bonchev–Trinajstić information content (AvgIpc) is 2.45. The van der Waals surface area contributed by atoms with Gasteiger partial charge in [-0.05, 0) is 17.7 Å². The first-order chi connectivity index (χ1) is 9.97. The number of nitrogens with one attached hydrogen (secondary N) is 1. The summed E-state index contributed by atoms with van der Waals surface area (Å²) in [6, 6.07) is 10.2. The van der Waals surface area contributed by atoms with Gasteiger partial charge in [0.05, 0.1) is 9.85 Å². The molecular weight excluding hydrogens is 298 g/mol.